The van der Waals surface area contributed by atoms with Gasteiger partial charge in [-0.05, 0) is 12.1 Å². The Morgan fingerprint density at radius 3 is 2.45 bits per heavy atom. The van der Waals surface area contributed by atoms with Crippen LogP contribution in [0.2, 0.25) is 0 Å². The summed E-state index contributed by atoms with van der Waals surface area (Å²) in [6.07, 6.45) is 3.52. The number of fused-ring (bicyclic) bond motifs is 2. The van der Waals surface area contributed by atoms with Crippen molar-refractivity contribution in [2.75, 3.05) is 20.6 Å². The third kappa shape index (κ3) is 3.45. The second-order valence-corrected chi connectivity index (χ2v) is 6.89. The van der Waals surface area contributed by atoms with Crippen LogP contribution < -0.4 is 0 Å². The van der Waals surface area contributed by atoms with E-state index in [-0.39, 0.29) is 13.1 Å². The molecule has 29 heavy (non-hydrogen) atoms. The summed E-state index contributed by atoms with van der Waals surface area (Å²) in [5.41, 5.74) is 1.72. The predicted molar refractivity (Wildman–Crippen MR) is 105 cm³/mol. The van der Waals surface area contributed by atoms with Crippen molar-refractivity contribution in [1.82, 2.24) is 29.3 Å². The Morgan fingerprint density at radius 1 is 1.10 bits per heavy atom. The van der Waals surface area contributed by atoms with Crippen molar-refractivity contribution >= 4 is 35.1 Å². The van der Waals surface area contributed by atoms with Crippen LogP contribution >= 0.6 is 0 Å². The maximum atomic E-state index is 12.5. The third-order valence-electron chi connectivity index (χ3n) is 4.47. The van der Waals surface area contributed by atoms with Gasteiger partial charge in [0.25, 0.3) is 11.8 Å². The summed E-state index contributed by atoms with van der Waals surface area (Å²) in [7, 11) is 3.69. The van der Waals surface area contributed by atoms with Crippen LogP contribution in [0.5, 0.6) is 0 Å². The molecular formula is C19H19N7O3. The highest BCUT2D eigenvalue weighted by atomic mass is 16.3. The van der Waals surface area contributed by atoms with E-state index in [2.05, 4.69) is 19.9 Å². The number of hydrogen-bond acceptors (Lipinski definition) is 7. The summed E-state index contributed by atoms with van der Waals surface area (Å²) >= 11 is 0. The standard InChI is InChI=1S/C19H19N7O3/c1-24(2)10-23-16-15-17(21-9-20-16)25(11-22-15)7-12(27)8-26-18(28)13-5-3-4-6-14(13)19(26)29/h3-6,9-12,27H,7-8H2,1-2H3/b23-10+. The molecule has 0 bridgehead atoms. The van der Waals surface area contributed by atoms with Gasteiger partial charge < -0.3 is 14.6 Å². The van der Waals surface area contributed by atoms with Crippen LogP contribution in [0.15, 0.2) is 41.9 Å². The highest BCUT2D eigenvalue weighted by molar-refractivity contribution is 6.21. The number of β-amino-alcohol motifs (C(OH)–C–C–N with tert-alkyl or cyclic N) is 1. The van der Waals surface area contributed by atoms with Crippen LogP contribution in [0.4, 0.5) is 5.82 Å². The Kier molecular flexibility index (Phi) is 4.77. The van der Waals surface area contributed by atoms with Gasteiger partial charge in [0, 0.05) is 14.1 Å². The molecule has 2 amide bonds. The number of aromatic nitrogens is 4. The van der Waals surface area contributed by atoms with E-state index >= 15 is 0 Å². The van der Waals surface area contributed by atoms with Gasteiger partial charge in [-0.15, -0.1) is 0 Å². The molecule has 0 aliphatic carbocycles. The molecule has 0 saturated carbocycles. The lowest BCUT2D eigenvalue weighted by molar-refractivity contribution is 0.0522. The molecule has 148 valence electrons. The summed E-state index contributed by atoms with van der Waals surface area (Å²) in [5, 5.41) is 10.5. The molecule has 1 aliphatic rings. The van der Waals surface area contributed by atoms with Gasteiger partial charge in [0.1, 0.15) is 6.33 Å². The molecule has 10 heteroatoms. The van der Waals surface area contributed by atoms with Crippen LogP contribution in [0, 0.1) is 0 Å². The zero-order valence-electron chi connectivity index (χ0n) is 15.9. The molecule has 1 aromatic carbocycles. The number of imidazole rings is 1. The molecule has 1 unspecified atom stereocenters. The van der Waals surface area contributed by atoms with Crippen molar-refractivity contribution in [3.63, 3.8) is 0 Å². The fourth-order valence-electron chi connectivity index (χ4n) is 3.17. The molecule has 4 rings (SSSR count). The summed E-state index contributed by atoms with van der Waals surface area (Å²) in [5.74, 6) is -0.386. The molecule has 0 spiro atoms. The molecule has 10 nitrogen and oxygen atoms in total. The monoisotopic (exact) mass is 393 g/mol. The van der Waals surface area contributed by atoms with E-state index < -0.39 is 17.9 Å². The first-order valence-electron chi connectivity index (χ1n) is 8.95. The first kappa shape index (κ1) is 18.7. The molecular weight excluding hydrogens is 374 g/mol. The van der Waals surface area contributed by atoms with Crippen molar-refractivity contribution in [2.24, 2.45) is 4.99 Å². The Morgan fingerprint density at radius 2 is 1.79 bits per heavy atom. The van der Waals surface area contributed by atoms with Gasteiger partial charge in [-0.25, -0.2) is 19.9 Å². The highest BCUT2D eigenvalue weighted by Gasteiger charge is 2.36. The maximum Gasteiger partial charge on any atom is 0.261 e. The van der Waals surface area contributed by atoms with E-state index in [1.54, 1.807) is 40.1 Å². The van der Waals surface area contributed by atoms with Crippen molar-refractivity contribution in [3.05, 3.63) is 48.0 Å². The number of rotatable bonds is 6. The summed E-state index contributed by atoms with van der Waals surface area (Å²) in [6, 6.07) is 6.63. The number of aliphatic imine (C=N–C) groups is 1. The molecule has 0 saturated heterocycles. The summed E-state index contributed by atoms with van der Waals surface area (Å²) in [6.45, 7) is -0.0134. The number of imide groups is 1. The van der Waals surface area contributed by atoms with Crippen molar-refractivity contribution in [1.29, 1.82) is 0 Å². The maximum absolute atomic E-state index is 12.5. The van der Waals surface area contributed by atoms with Gasteiger partial charge >= 0.3 is 0 Å². The minimum atomic E-state index is -0.988. The number of aliphatic hydroxyl groups excluding tert-OH is 1. The van der Waals surface area contributed by atoms with Gasteiger partial charge in [-0.1, -0.05) is 12.1 Å². The average Bonchev–Trinajstić information content (AvgIpc) is 3.22. The predicted octanol–water partition coefficient (Wildman–Crippen LogP) is 0.705. The highest BCUT2D eigenvalue weighted by Crippen LogP contribution is 2.23. The Hall–Kier alpha value is -3.66. The molecule has 2 aromatic heterocycles. The van der Waals surface area contributed by atoms with Gasteiger partial charge in [0.05, 0.1) is 43.0 Å². The normalized spacial score (nSPS) is 14.8. The van der Waals surface area contributed by atoms with Crippen LogP contribution in [-0.2, 0) is 6.54 Å². The fraction of sp³-hybridized carbons (Fsp3) is 0.263. The Bertz CT molecular complexity index is 1090. The zero-order chi connectivity index (χ0) is 20.5. The quantitative estimate of drug-likeness (QED) is 0.372. The average molecular weight is 393 g/mol. The smallest absolute Gasteiger partial charge is 0.261 e. The minimum Gasteiger partial charge on any atom is -0.389 e. The summed E-state index contributed by atoms with van der Waals surface area (Å²) < 4.78 is 1.65. The van der Waals surface area contributed by atoms with E-state index in [4.69, 9.17) is 0 Å². The SMILES string of the molecule is CN(C)/C=N/c1ncnc2c1ncn2CC(O)CN1C(=O)c2ccccc2C1=O. The van der Waals surface area contributed by atoms with E-state index in [9.17, 15) is 14.7 Å². The van der Waals surface area contributed by atoms with E-state index in [0.29, 0.717) is 28.1 Å². The largest absolute Gasteiger partial charge is 0.389 e. The molecule has 3 aromatic rings. The van der Waals surface area contributed by atoms with Crippen molar-refractivity contribution < 1.29 is 14.7 Å². The van der Waals surface area contributed by atoms with Crippen LogP contribution in [0.3, 0.4) is 0 Å². The molecule has 3 heterocycles. The second-order valence-electron chi connectivity index (χ2n) is 6.89. The Labute approximate surface area is 166 Å². The van der Waals surface area contributed by atoms with E-state index in [1.165, 1.54) is 12.7 Å². The number of carbonyl (C=O) groups is 2. The molecule has 0 fully saturated rings. The Balaban J connectivity index is 1.52. The molecule has 1 aliphatic heterocycles. The lowest BCUT2D eigenvalue weighted by Crippen LogP contribution is -2.38. The van der Waals surface area contributed by atoms with Gasteiger partial charge in [-0.3, -0.25) is 14.5 Å². The lowest BCUT2D eigenvalue weighted by Gasteiger charge is -2.18. The topological polar surface area (TPSA) is 117 Å². The van der Waals surface area contributed by atoms with Crippen LogP contribution in [0.25, 0.3) is 11.2 Å². The molecule has 1 atom stereocenters. The number of aliphatic hydroxyl groups is 1. The van der Waals surface area contributed by atoms with Crippen molar-refractivity contribution in [2.45, 2.75) is 12.6 Å². The van der Waals surface area contributed by atoms with Crippen LogP contribution in [0.1, 0.15) is 20.7 Å². The van der Waals surface area contributed by atoms with E-state index in [1.807, 2.05) is 14.1 Å². The number of amides is 2. The van der Waals surface area contributed by atoms with Gasteiger partial charge in [0.2, 0.25) is 0 Å². The summed E-state index contributed by atoms with van der Waals surface area (Å²) in [4.78, 5) is 44.7. The second kappa shape index (κ2) is 7.40. The third-order valence-corrected chi connectivity index (χ3v) is 4.47. The van der Waals surface area contributed by atoms with Crippen LogP contribution in [-0.4, -0.2) is 79.3 Å². The fourth-order valence-corrected chi connectivity index (χ4v) is 3.17. The number of nitrogens with zero attached hydrogens (tertiary/aromatic N) is 7. The van der Waals surface area contributed by atoms with Gasteiger partial charge in [-0.2, -0.15) is 0 Å². The first-order chi connectivity index (χ1) is 14.0. The van der Waals surface area contributed by atoms with Gasteiger partial charge in [0.15, 0.2) is 17.0 Å². The number of benzene rings is 1. The van der Waals surface area contributed by atoms with E-state index in [0.717, 1.165) is 4.90 Å². The number of carbonyl (C=O) groups excluding carboxylic acids is 2. The zero-order valence-corrected chi connectivity index (χ0v) is 15.9. The first-order valence-corrected chi connectivity index (χ1v) is 8.95. The molecule has 0 radical (unpaired) electrons. The van der Waals surface area contributed by atoms with Crippen molar-refractivity contribution in [3.8, 4) is 0 Å². The number of hydrogen-bond donors (Lipinski definition) is 1. The minimum absolute atomic E-state index is 0.109. The molecule has 1 N–H and O–H groups in total. The lowest BCUT2D eigenvalue weighted by atomic mass is 10.1.